The average Bonchev–Trinajstić information content (AvgIpc) is 2.11. The van der Waals surface area contributed by atoms with Gasteiger partial charge >= 0.3 is 0 Å². The van der Waals surface area contributed by atoms with E-state index < -0.39 is 0 Å². The predicted molar refractivity (Wildman–Crippen MR) is 65.6 cm³/mol. The van der Waals surface area contributed by atoms with Gasteiger partial charge in [-0.2, -0.15) is 0 Å². The van der Waals surface area contributed by atoms with E-state index in [2.05, 4.69) is 46.5 Å². The van der Waals surface area contributed by atoms with Gasteiger partial charge in [-0.3, -0.25) is 0 Å². The summed E-state index contributed by atoms with van der Waals surface area (Å²) in [6.07, 6.45) is 3.58. The highest BCUT2D eigenvalue weighted by molar-refractivity contribution is 4.92. The Morgan fingerprint density at radius 1 is 1.36 bits per heavy atom. The van der Waals surface area contributed by atoms with Crippen LogP contribution in [0.1, 0.15) is 53.9 Å². The Bertz CT molecular complexity index is 170. The van der Waals surface area contributed by atoms with Crippen LogP contribution in [-0.2, 0) is 0 Å². The van der Waals surface area contributed by atoms with Gasteiger partial charge in [0, 0.05) is 6.04 Å². The standard InChI is InChI=1S/C13H27N/c1-7-13(5,6)12(14-8-2)10-9-11(3)4/h12,14H,3,7-10H2,1-2,4-6H3. The molecule has 0 aliphatic heterocycles. The topological polar surface area (TPSA) is 12.0 Å². The van der Waals surface area contributed by atoms with Gasteiger partial charge in [-0.25, -0.2) is 0 Å². The first-order chi connectivity index (χ1) is 6.44. The van der Waals surface area contributed by atoms with Gasteiger partial charge in [0.15, 0.2) is 0 Å². The smallest absolute Gasteiger partial charge is 0.0121 e. The van der Waals surface area contributed by atoms with Crippen molar-refractivity contribution in [2.24, 2.45) is 5.41 Å². The third-order valence-corrected chi connectivity index (χ3v) is 3.16. The molecule has 0 aromatic rings. The first kappa shape index (κ1) is 13.7. The maximum atomic E-state index is 3.97. The summed E-state index contributed by atoms with van der Waals surface area (Å²) < 4.78 is 0. The lowest BCUT2D eigenvalue weighted by Gasteiger charge is -2.34. The van der Waals surface area contributed by atoms with Gasteiger partial charge < -0.3 is 5.32 Å². The molecule has 1 N–H and O–H groups in total. The lowest BCUT2D eigenvalue weighted by atomic mass is 9.79. The van der Waals surface area contributed by atoms with Crippen molar-refractivity contribution in [2.75, 3.05) is 6.54 Å². The summed E-state index contributed by atoms with van der Waals surface area (Å²) in [6, 6.07) is 0.620. The van der Waals surface area contributed by atoms with E-state index in [0.29, 0.717) is 11.5 Å². The van der Waals surface area contributed by atoms with Gasteiger partial charge in [-0.1, -0.05) is 33.3 Å². The molecule has 0 saturated carbocycles. The van der Waals surface area contributed by atoms with Crippen LogP contribution in [-0.4, -0.2) is 12.6 Å². The Hall–Kier alpha value is -0.300. The highest BCUT2D eigenvalue weighted by Gasteiger charge is 2.26. The van der Waals surface area contributed by atoms with E-state index in [0.717, 1.165) is 13.0 Å². The Balaban J connectivity index is 4.20. The SMILES string of the molecule is C=C(C)CCC(NCC)C(C)(C)CC. The van der Waals surface area contributed by atoms with Crippen molar-refractivity contribution in [2.45, 2.75) is 59.9 Å². The van der Waals surface area contributed by atoms with E-state index in [1.54, 1.807) is 0 Å². The van der Waals surface area contributed by atoms with Crippen LogP contribution in [0, 0.1) is 5.41 Å². The molecule has 84 valence electrons. The summed E-state index contributed by atoms with van der Waals surface area (Å²) in [4.78, 5) is 0. The molecular formula is C13H27N. The van der Waals surface area contributed by atoms with Crippen LogP contribution in [0.4, 0.5) is 0 Å². The van der Waals surface area contributed by atoms with Crippen molar-refractivity contribution in [3.63, 3.8) is 0 Å². The molecule has 0 amide bonds. The molecule has 0 saturated heterocycles. The molecule has 1 atom stereocenters. The lowest BCUT2D eigenvalue weighted by Crippen LogP contribution is -2.41. The third kappa shape index (κ3) is 4.80. The minimum Gasteiger partial charge on any atom is -0.314 e. The normalized spacial score (nSPS) is 14.1. The zero-order chi connectivity index (χ0) is 11.2. The van der Waals surface area contributed by atoms with E-state index in [1.807, 2.05) is 0 Å². The largest absolute Gasteiger partial charge is 0.314 e. The van der Waals surface area contributed by atoms with Crippen molar-refractivity contribution in [3.8, 4) is 0 Å². The summed E-state index contributed by atoms with van der Waals surface area (Å²) in [6.45, 7) is 16.3. The van der Waals surface area contributed by atoms with Gasteiger partial charge in [0.05, 0.1) is 0 Å². The zero-order valence-corrected chi connectivity index (χ0v) is 10.6. The molecule has 1 unspecified atom stereocenters. The maximum Gasteiger partial charge on any atom is 0.0121 e. The molecule has 0 aliphatic rings. The molecule has 0 radical (unpaired) electrons. The van der Waals surface area contributed by atoms with Crippen LogP contribution in [0.5, 0.6) is 0 Å². The van der Waals surface area contributed by atoms with Crippen LogP contribution >= 0.6 is 0 Å². The maximum absolute atomic E-state index is 3.97. The molecule has 14 heavy (non-hydrogen) atoms. The Morgan fingerprint density at radius 2 is 1.93 bits per heavy atom. The highest BCUT2D eigenvalue weighted by Crippen LogP contribution is 2.28. The fourth-order valence-corrected chi connectivity index (χ4v) is 1.65. The summed E-state index contributed by atoms with van der Waals surface area (Å²) in [7, 11) is 0. The molecule has 1 nitrogen and oxygen atoms in total. The minimum absolute atomic E-state index is 0.394. The first-order valence-electron chi connectivity index (χ1n) is 5.81. The quantitative estimate of drug-likeness (QED) is 0.613. The average molecular weight is 197 g/mol. The Kier molecular flexibility index (Phi) is 6.10. The number of hydrogen-bond acceptors (Lipinski definition) is 1. The molecule has 0 bridgehead atoms. The molecule has 0 aliphatic carbocycles. The zero-order valence-electron chi connectivity index (χ0n) is 10.6. The first-order valence-corrected chi connectivity index (χ1v) is 5.81. The van der Waals surface area contributed by atoms with Gasteiger partial charge in [0.2, 0.25) is 0 Å². The van der Waals surface area contributed by atoms with E-state index in [1.165, 1.54) is 18.4 Å². The molecule has 0 rings (SSSR count). The van der Waals surface area contributed by atoms with Crippen LogP contribution in [0.15, 0.2) is 12.2 Å². The Labute approximate surface area is 90.0 Å². The minimum atomic E-state index is 0.394. The second-order valence-electron chi connectivity index (χ2n) is 4.95. The van der Waals surface area contributed by atoms with Gasteiger partial charge in [-0.05, 0) is 38.1 Å². The predicted octanol–water partition coefficient (Wildman–Crippen LogP) is 3.76. The molecule has 0 spiro atoms. The number of allylic oxidation sites excluding steroid dienone is 1. The van der Waals surface area contributed by atoms with E-state index in [-0.39, 0.29) is 0 Å². The summed E-state index contributed by atoms with van der Waals surface area (Å²) in [5, 5.41) is 3.59. The van der Waals surface area contributed by atoms with Crippen molar-refractivity contribution in [1.29, 1.82) is 0 Å². The fraction of sp³-hybridized carbons (Fsp3) is 0.846. The second-order valence-corrected chi connectivity index (χ2v) is 4.95. The number of rotatable bonds is 7. The monoisotopic (exact) mass is 197 g/mol. The molecular weight excluding hydrogens is 170 g/mol. The summed E-state index contributed by atoms with van der Waals surface area (Å²) >= 11 is 0. The molecule has 0 heterocycles. The van der Waals surface area contributed by atoms with Crippen LogP contribution in [0.2, 0.25) is 0 Å². The van der Waals surface area contributed by atoms with Crippen molar-refractivity contribution >= 4 is 0 Å². The van der Waals surface area contributed by atoms with E-state index in [9.17, 15) is 0 Å². The second kappa shape index (κ2) is 6.23. The lowest BCUT2D eigenvalue weighted by molar-refractivity contribution is 0.223. The fourth-order valence-electron chi connectivity index (χ4n) is 1.65. The molecule has 1 heteroatoms. The molecule has 0 aromatic heterocycles. The van der Waals surface area contributed by atoms with Crippen LogP contribution in [0.3, 0.4) is 0 Å². The third-order valence-electron chi connectivity index (χ3n) is 3.16. The van der Waals surface area contributed by atoms with Crippen LogP contribution in [0.25, 0.3) is 0 Å². The van der Waals surface area contributed by atoms with Crippen molar-refractivity contribution in [3.05, 3.63) is 12.2 Å². The Morgan fingerprint density at radius 3 is 2.29 bits per heavy atom. The number of hydrogen-bond donors (Lipinski definition) is 1. The van der Waals surface area contributed by atoms with E-state index >= 15 is 0 Å². The molecule has 0 aromatic carbocycles. The van der Waals surface area contributed by atoms with Crippen molar-refractivity contribution < 1.29 is 0 Å². The molecule has 0 fully saturated rings. The summed E-state index contributed by atoms with van der Waals surface area (Å²) in [5.74, 6) is 0. The van der Waals surface area contributed by atoms with Crippen molar-refractivity contribution in [1.82, 2.24) is 5.32 Å². The summed E-state index contributed by atoms with van der Waals surface area (Å²) in [5.41, 5.74) is 1.69. The van der Waals surface area contributed by atoms with E-state index in [4.69, 9.17) is 0 Å². The number of nitrogens with one attached hydrogen (secondary N) is 1. The van der Waals surface area contributed by atoms with Gasteiger partial charge in [-0.15, -0.1) is 6.58 Å². The van der Waals surface area contributed by atoms with Gasteiger partial charge in [0.1, 0.15) is 0 Å². The highest BCUT2D eigenvalue weighted by atomic mass is 14.9. The van der Waals surface area contributed by atoms with Crippen LogP contribution < -0.4 is 5.32 Å². The van der Waals surface area contributed by atoms with Gasteiger partial charge in [0.25, 0.3) is 0 Å².